The van der Waals surface area contributed by atoms with Crippen molar-refractivity contribution in [2.24, 2.45) is 0 Å². The summed E-state index contributed by atoms with van der Waals surface area (Å²) in [5, 5.41) is 2.87. The molecular formula is C15H20BrNO3. The highest BCUT2D eigenvalue weighted by Crippen LogP contribution is 2.05. The second-order valence-corrected chi connectivity index (χ2v) is 5.06. The number of amides is 1. The summed E-state index contributed by atoms with van der Waals surface area (Å²) in [5.41, 5.74) is 0.916. The number of hydrogen-bond acceptors (Lipinski definition) is 3. The molecule has 1 aromatic rings. The molecule has 0 bridgehead atoms. The maximum atomic E-state index is 11.7. The van der Waals surface area contributed by atoms with Crippen LogP contribution in [-0.4, -0.2) is 23.2 Å². The molecule has 0 fully saturated rings. The van der Waals surface area contributed by atoms with Crippen molar-refractivity contribution in [1.82, 2.24) is 5.32 Å². The first-order valence-corrected chi connectivity index (χ1v) is 7.85. The van der Waals surface area contributed by atoms with Crippen LogP contribution in [0.3, 0.4) is 0 Å². The van der Waals surface area contributed by atoms with Crippen molar-refractivity contribution in [1.29, 1.82) is 0 Å². The molecule has 0 spiro atoms. The molecule has 0 aromatic heterocycles. The summed E-state index contributed by atoms with van der Waals surface area (Å²) in [5.74, 6) is -0.0323. The van der Waals surface area contributed by atoms with Crippen LogP contribution in [0.1, 0.15) is 31.7 Å². The van der Waals surface area contributed by atoms with E-state index in [2.05, 4.69) is 21.2 Å². The van der Waals surface area contributed by atoms with Gasteiger partial charge in [0.1, 0.15) is 6.61 Å². The molecule has 4 nitrogen and oxygen atoms in total. The van der Waals surface area contributed by atoms with E-state index < -0.39 is 12.1 Å². The number of unbranched alkanes of at least 4 members (excludes halogenated alkanes) is 1. The number of nitrogens with one attached hydrogen (secondary N) is 1. The lowest BCUT2D eigenvalue weighted by atomic mass is 10.1. The zero-order valence-corrected chi connectivity index (χ0v) is 13.2. The van der Waals surface area contributed by atoms with E-state index in [4.69, 9.17) is 4.74 Å². The standard InChI is InChI=1S/C15H20BrNO3/c1-2-3-9-13(14(18)10-16)17-15(19)20-11-12-7-5-4-6-8-12/h4-8,13H,2-3,9-11H2,1H3,(H,17,19)/t13-/m0/s1. The van der Waals surface area contributed by atoms with Crippen LogP contribution in [0.15, 0.2) is 30.3 Å². The molecule has 0 aliphatic rings. The van der Waals surface area contributed by atoms with E-state index in [1.54, 1.807) is 0 Å². The van der Waals surface area contributed by atoms with Crippen LogP contribution in [0.4, 0.5) is 4.79 Å². The highest BCUT2D eigenvalue weighted by atomic mass is 79.9. The zero-order chi connectivity index (χ0) is 14.8. The number of alkyl carbamates (subject to hydrolysis) is 1. The Bertz CT molecular complexity index is 422. The molecule has 1 atom stereocenters. The minimum absolute atomic E-state index is 0.0323. The van der Waals surface area contributed by atoms with Crippen LogP contribution >= 0.6 is 15.9 Å². The third-order valence-electron chi connectivity index (χ3n) is 2.87. The van der Waals surface area contributed by atoms with Crippen LogP contribution in [0.2, 0.25) is 0 Å². The molecule has 1 rings (SSSR count). The second-order valence-electron chi connectivity index (χ2n) is 4.50. The average Bonchev–Trinajstić information content (AvgIpc) is 2.49. The van der Waals surface area contributed by atoms with Crippen molar-refractivity contribution in [2.75, 3.05) is 5.33 Å². The molecule has 0 radical (unpaired) electrons. The fourth-order valence-corrected chi connectivity index (χ4v) is 2.11. The highest BCUT2D eigenvalue weighted by Gasteiger charge is 2.19. The van der Waals surface area contributed by atoms with Gasteiger partial charge in [0.05, 0.1) is 11.4 Å². The van der Waals surface area contributed by atoms with E-state index in [0.717, 1.165) is 18.4 Å². The van der Waals surface area contributed by atoms with Crippen LogP contribution in [0.5, 0.6) is 0 Å². The summed E-state index contributed by atoms with van der Waals surface area (Å²) in [7, 11) is 0. The predicted octanol–water partition coefficient (Wildman–Crippen LogP) is 3.44. The number of halogens is 1. The third kappa shape index (κ3) is 6.19. The molecule has 0 aliphatic heterocycles. The molecular weight excluding hydrogens is 322 g/mol. The molecule has 0 saturated heterocycles. The van der Waals surface area contributed by atoms with Gasteiger partial charge >= 0.3 is 6.09 Å². The van der Waals surface area contributed by atoms with Crippen molar-refractivity contribution >= 4 is 27.8 Å². The molecule has 0 unspecified atom stereocenters. The van der Waals surface area contributed by atoms with Gasteiger partial charge in [-0.2, -0.15) is 0 Å². The number of rotatable bonds is 8. The zero-order valence-electron chi connectivity index (χ0n) is 11.6. The molecule has 0 saturated carbocycles. The van der Waals surface area contributed by atoms with Gasteiger partial charge in [-0.05, 0) is 12.0 Å². The number of carbonyl (C=O) groups is 2. The summed E-state index contributed by atoms with van der Waals surface area (Å²) >= 11 is 3.13. The smallest absolute Gasteiger partial charge is 0.408 e. The lowest BCUT2D eigenvalue weighted by molar-refractivity contribution is -0.118. The fraction of sp³-hybridized carbons (Fsp3) is 0.467. The Morgan fingerprint density at radius 1 is 1.30 bits per heavy atom. The maximum Gasteiger partial charge on any atom is 0.408 e. The summed E-state index contributed by atoms with van der Waals surface area (Å²) in [6.45, 7) is 2.25. The van der Waals surface area contributed by atoms with E-state index >= 15 is 0 Å². The number of hydrogen-bond donors (Lipinski definition) is 1. The largest absolute Gasteiger partial charge is 0.445 e. The molecule has 1 aromatic carbocycles. The van der Waals surface area contributed by atoms with Gasteiger partial charge in [0, 0.05) is 0 Å². The van der Waals surface area contributed by atoms with Gasteiger partial charge in [-0.1, -0.05) is 66.0 Å². The van der Waals surface area contributed by atoms with Crippen molar-refractivity contribution in [2.45, 2.75) is 38.8 Å². The third-order valence-corrected chi connectivity index (χ3v) is 3.42. The first-order valence-electron chi connectivity index (χ1n) is 6.73. The number of benzene rings is 1. The number of ketones is 1. The molecule has 1 N–H and O–H groups in total. The minimum Gasteiger partial charge on any atom is -0.445 e. The highest BCUT2D eigenvalue weighted by molar-refractivity contribution is 9.09. The Kier molecular flexibility index (Phi) is 7.95. The summed E-state index contributed by atoms with van der Waals surface area (Å²) < 4.78 is 5.12. The number of ether oxygens (including phenoxy) is 1. The molecule has 110 valence electrons. The van der Waals surface area contributed by atoms with Gasteiger partial charge in [-0.15, -0.1) is 0 Å². The van der Waals surface area contributed by atoms with E-state index in [-0.39, 0.29) is 17.7 Å². The normalized spacial score (nSPS) is 11.7. The monoisotopic (exact) mass is 341 g/mol. The summed E-state index contributed by atoms with van der Waals surface area (Å²) in [6.07, 6.45) is 1.96. The second kappa shape index (κ2) is 9.53. The lowest BCUT2D eigenvalue weighted by Crippen LogP contribution is -2.41. The van der Waals surface area contributed by atoms with Crippen LogP contribution < -0.4 is 5.32 Å². The van der Waals surface area contributed by atoms with Crippen molar-refractivity contribution in [3.63, 3.8) is 0 Å². The van der Waals surface area contributed by atoms with E-state index in [1.807, 2.05) is 37.3 Å². The lowest BCUT2D eigenvalue weighted by Gasteiger charge is -2.16. The van der Waals surface area contributed by atoms with Gasteiger partial charge in [0.25, 0.3) is 0 Å². The van der Waals surface area contributed by atoms with Gasteiger partial charge in [-0.3, -0.25) is 4.79 Å². The first kappa shape index (κ1) is 16.7. The van der Waals surface area contributed by atoms with Gasteiger partial charge in [0.2, 0.25) is 0 Å². The molecule has 5 heteroatoms. The van der Waals surface area contributed by atoms with Crippen LogP contribution in [0, 0.1) is 0 Å². The quantitative estimate of drug-likeness (QED) is 0.737. The molecule has 20 heavy (non-hydrogen) atoms. The Balaban J connectivity index is 2.43. The molecule has 0 heterocycles. The molecule has 1 amide bonds. The number of carbonyl (C=O) groups excluding carboxylic acids is 2. The van der Waals surface area contributed by atoms with E-state index in [9.17, 15) is 9.59 Å². The van der Waals surface area contributed by atoms with Gasteiger partial charge in [0.15, 0.2) is 5.78 Å². The fourth-order valence-electron chi connectivity index (χ4n) is 1.72. The Morgan fingerprint density at radius 3 is 2.60 bits per heavy atom. The SMILES string of the molecule is CCCC[C@H](NC(=O)OCc1ccccc1)C(=O)CBr. The minimum atomic E-state index is -0.552. The van der Waals surface area contributed by atoms with Gasteiger partial charge < -0.3 is 10.1 Å². The van der Waals surface area contributed by atoms with Crippen LogP contribution in [0.25, 0.3) is 0 Å². The van der Waals surface area contributed by atoms with E-state index in [0.29, 0.717) is 6.42 Å². The Labute approximate surface area is 128 Å². The van der Waals surface area contributed by atoms with Crippen molar-refractivity contribution in [3.8, 4) is 0 Å². The summed E-state index contributed by atoms with van der Waals surface area (Å²) in [6, 6.07) is 8.96. The molecule has 0 aliphatic carbocycles. The van der Waals surface area contributed by atoms with Crippen LogP contribution in [-0.2, 0) is 16.1 Å². The number of alkyl halides is 1. The van der Waals surface area contributed by atoms with Crippen molar-refractivity contribution < 1.29 is 14.3 Å². The summed E-state index contributed by atoms with van der Waals surface area (Å²) in [4.78, 5) is 23.4. The first-order chi connectivity index (χ1) is 9.67. The topological polar surface area (TPSA) is 55.4 Å². The Morgan fingerprint density at radius 2 is 2.00 bits per heavy atom. The Hall–Kier alpha value is -1.36. The predicted molar refractivity (Wildman–Crippen MR) is 81.9 cm³/mol. The van der Waals surface area contributed by atoms with E-state index in [1.165, 1.54) is 0 Å². The average molecular weight is 342 g/mol. The van der Waals surface area contributed by atoms with Gasteiger partial charge in [-0.25, -0.2) is 4.79 Å². The van der Waals surface area contributed by atoms with Crippen molar-refractivity contribution in [3.05, 3.63) is 35.9 Å². The number of Topliss-reactive ketones (excluding diaryl/α,β-unsaturated/α-hetero) is 1. The maximum absolute atomic E-state index is 11.7.